The van der Waals surface area contributed by atoms with E-state index in [0.29, 0.717) is 22.5 Å². The van der Waals surface area contributed by atoms with E-state index in [4.69, 9.17) is 11.6 Å². The van der Waals surface area contributed by atoms with E-state index in [1.54, 1.807) is 30.7 Å². The van der Waals surface area contributed by atoms with Crippen LogP contribution in [0.15, 0.2) is 46.5 Å². The number of nitrogens with one attached hydrogen (secondary N) is 1. The Morgan fingerprint density at radius 1 is 1.13 bits per heavy atom. The van der Waals surface area contributed by atoms with Crippen molar-refractivity contribution in [2.24, 2.45) is 0 Å². The summed E-state index contributed by atoms with van der Waals surface area (Å²) in [4.78, 5) is 31.2. The van der Waals surface area contributed by atoms with E-state index in [-0.39, 0.29) is 11.2 Å². The minimum absolute atomic E-state index is 0.291. The summed E-state index contributed by atoms with van der Waals surface area (Å²) in [6.45, 7) is 1.29. The highest BCUT2D eigenvalue weighted by molar-refractivity contribution is 6.31. The average Bonchev–Trinajstić information content (AvgIpc) is 3.04. The lowest BCUT2D eigenvalue weighted by Crippen LogP contribution is -2.35. The van der Waals surface area contributed by atoms with Gasteiger partial charge >= 0.3 is 5.69 Å². The van der Waals surface area contributed by atoms with Crippen molar-refractivity contribution in [3.05, 3.63) is 62.8 Å². The van der Waals surface area contributed by atoms with Gasteiger partial charge in [0.25, 0.3) is 5.56 Å². The maximum atomic E-state index is 12.4. The van der Waals surface area contributed by atoms with E-state index in [1.165, 1.54) is 4.57 Å². The summed E-state index contributed by atoms with van der Waals surface area (Å²) in [5, 5.41) is 0.920. The molecule has 0 bridgehead atoms. The van der Waals surface area contributed by atoms with Crippen LogP contribution in [0.5, 0.6) is 0 Å². The molecule has 0 radical (unpaired) electrons. The van der Waals surface area contributed by atoms with Gasteiger partial charge in [-0.05, 0) is 37.5 Å². The third-order valence-corrected chi connectivity index (χ3v) is 4.04. The first kappa shape index (κ1) is 15.6. The second-order valence-electron chi connectivity index (χ2n) is 5.44. The van der Waals surface area contributed by atoms with Crippen LogP contribution >= 0.6 is 11.6 Å². The molecule has 2 aromatic heterocycles. The van der Waals surface area contributed by atoms with Crippen molar-refractivity contribution in [1.29, 1.82) is 0 Å². The lowest BCUT2D eigenvalue weighted by Gasteiger charge is -2.07. The number of benzene rings is 1. The summed E-state index contributed by atoms with van der Waals surface area (Å²) in [6.07, 6.45) is 8.12. The molecule has 3 rings (SSSR count). The number of aromatic nitrogens is 4. The minimum atomic E-state index is -0.376. The van der Waals surface area contributed by atoms with Crippen LogP contribution in [0.4, 0.5) is 0 Å². The fraction of sp³-hybridized carbons (Fsp3) is 0.312. The van der Waals surface area contributed by atoms with E-state index in [0.717, 1.165) is 25.8 Å². The summed E-state index contributed by atoms with van der Waals surface area (Å²) in [5.41, 5.74) is -0.152. The molecule has 23 heavy (non-hydrogen) atoms. The SMILES string of the molecule is O=c1[nH]c2ccc(Cl)cc2c(=O)n1CCCCCn1ccnc1. The number of fused-ring (bicyclic) bond motifs is 1. The Balaban J connectivity index is 1.68. The number of aryl methyl sites for hydroxylation is 1. The summed E-state index contributed by atoms with van der Waals surface area (Å²) < 4.78 is 3.26. The van der Waals surface area contributed by atoms with Crippen LogP contribution in [0.25, 0.3) is 10.9 Å². The predicted octanol–water partition coefficient (Wildman–Crippen LogP) is 2.41. The molecular weight excluding hydrogens is 316 g/mol. The van der Waals surface area contributed by atoms with Crippen molar-refractivity contribution in [2.45, 2.75) is 32.4 Å². The van der Waals surface area contributed by atoms with Gasteiger partial charge in [0.1, 0.15) is 0 Å². The first-order valence-corrected chi connectivity index (χ1v) is 7.91. The molecule has 2 heterocycles. The molecule has 6 nitrogen and oxygen atoms in total. The number of rotatable bonds is 6. The van der Waals surface area contributed by atoms with E-state index < -0.39 is 0 Å². The van der Waals surface area contributed by atoms with Crippen molar-refractivity contribution < 1.29 is 0 Å². The van der Waals surface area contributed by atoms with Crippen LogP contribution in [0.2, 0.25) is 5.02 Å². The fourth-order valence-corrected chi connectivity index (χ4v) is 2.76. The van der Waals surface area contributed by atoms with E-state index in [1.807, 2.05) is 10.8 Å². The topological polar surface area (TPSA) is 72.7 Å². The van der Waals surface area contributed by atoms with Gasteiger partial charge in [0.05, 0.1) is 17.2 Å². The van der Waals surface area contributed by atoms with Gasteiger partial charge in [-0.2, -0.15) is 0 Å². The molecule has 0 fully saturated rings. The van der Waals surface area contributed by atoms with Crippen molar-refractivity contribution in [2.75, 3.05) is 0 Å². The highest BCUT2D eigenvalue weighted by Crippen LogP contribution is 2.13. The molecule has 7 heteroatoms. The average molecular weight is 333 g/mol. The highest BCUT2D eigenvalue weighted by atomic mass is 35.5. The van der Waals surface area contributed by atoms with Gasteiger partial charge in [-0.25, -0.2) is 9.78 Å². The van der Waals surface area contributed by atoms with Gasteiger partial charge in [0.2, 0.25) is 0 Å². The Bertz CT molecular complexity index is 912. The van der Waals surface area contributed by atoms with Crippen molar-refractivity contribution in [1.82, 2.24) is 19.1 Å². The maximum Gasteiger partial charge on any atom is 0.328 e. The lowest BCUT2D eigenvalue weighted by molar-refractivity contribution is 0.528. The lowest BCUT2D eigenvalue weighted by atomic mass is 10.2. The van der Waals surface area contributed by atoms with Gasteiger partial charge in [-0.3, -0.25) is 9.36 Å². The largest absolute Gasteiger partial charge is 0.337 e. The van der Waals surface area contributed by atoms with Crippen LogP contribution in [0, 0.1) is 0 Å². The Morgan fingerprint density at radius 2 is 1.96 bits per heavy atom. The zero-order chi connectivity index (χ0) is 16.2. The number of hydrogen-bond donors (Lipinski definition) is 1. The molecule has 0 spiro atoms. The molecule has 0 aliphatic heterocycles. The molecule has 0 aliphatic carbocycles. The van der Waals surface area contributed by atoms with E-state index in [9.17, 15) is 9.59 Å². The number of aromatic amines is 1. The third-order valence-electron chi connectivity index (χ3n) is 3.80. The summed E-state index contributed by atoms with van der Waals surface area (Å²) in [6, 6.07) is 4.89. The second-order valence-corrected chi connectivity index (χ2v) is 5.87. The highest BCUT2D eigenvalue weighted by Gasteiger charge is 2.07. The zero-order valence-corrected chi connectivity index (χ0v) is 13.3. The van der Waals surface area contributed by atoms with Gasteiger partial charge in [0.15, 0.2) is 0 Å². The Labute approximate surface area is 137 Å². The first-order valence-electron chi connectivity index (χ1n) is 7.53. The third kappa shape index (κ3) is 3.53. The van der Waals surface area contributed by atoms with Crippen LogP contribution < -0.4 is 11.2 Å². The molecule has 3 aromatic rings. The molecule has 0 atom stereocenters. The monoisotopic (exact) mass is 332 g/mol. The van der Waals surface area contributed by atoms with Gasteiger partial charge in [0, 0.05) is 30.5 Å². The number of hydrogen-bond acceptors (Lipinski definition) is 3. The Kier molecular flexibility index (Phi) is 4.62. The number of unbranched alkanes of at least 4 members (excludes halogenated alkanes) is 2. The van der Waals surface area contributed by atoms with Crippen LogP contribution in [0.1, 0.15) is 19.3 Å². The molecule has 0 amide bonds. The molecular formula is C16H17ClN4O2. The quantitative estimate of drug-likeness (QED) is 0.704. The maximum absolute atomic E-state index is 12.4. The zero-order valence-electron chi connectivity index (χ0n) is 12.5. The van der Waals surface area contributed by atoms with Crippen LogP contribution in [-0.4, -0.2) is 19.1 Å². The fourth-order valence-electron chi connectivity index (χ4n) is 2.59. The minimum Gasteiger partial charge on any atom is -0.337 e. The van der Waals surface area contributed by atoms with E-state index >= 15 is 0 Å². The van der Waals surface area contributed by atoms with E-state index in [2.05, 4.69) is 9.97 Å². The van der Waals surface area contributed by atoms with Crippen molar-refractivity contribution >= 4 is 22.5 Å². The summed E-state index contributed by atoms with van der Waals surface area (Å²) in [5.74, 6) is 0. The molecule has 0 saturated carbocycles. The number of H-pyrrole nitrogens is 1. The van der Waals surface area contributed by atoms with Gasteiger partial charge in [-0.15, -0.1) is 0 Å². The number of imidazole rings is 1. The summed E-state index contributed by atoms with van der Waals surface area (Å²) in [7, 11) is 0. The second kappa shape index (κ2) is 6.83. The predicted molar refractivity (Wildman–Crippen MR) is 89.9 cm³/mol. The first-order chi connectivity index (χ1) is 11.1. The molecule has 1 N–H and O–H groups in total. The Hall–Kier alpha value is -2.34. The Morgan fingerprint density at radius 3 is 2.74 bits per heavy atom. The molecule has 0 saturated heterocycles. The van der Waals surface area contributed by atoms with Crippen LogP contribution in [0.3, 0.4) is 0 Å². The van der Waals surface area contributed by atoms with Crippen molar-refractivity contribution in [3.8, 4) is 0 Å². The molecule has 120 valence electrons. The van der Waals surface area contributed by atoms with Gasteiger partial charge < -0.3 is 9.55 Å². The number of halogens is 1. The molecule has 0 aliphatic rings. The summed E-state index contributed by atoms with van der Waals surface area (Å²) >= 11 is 5.93. The molecule has 1 aromatic carbocycles. The van der Waals surface area contributed by atoms with Crippen LogP contribution in [-0.2, 0) is 13.1 Å². The normalized spacial score (nSPS) is 11.2. The van der Waals surface area contributed by atoms with Gasteiger partial charge in [-0.1, -0.05) is 11.6 Å². The van der Waals surface area contributed by atoms with Crippen molar-refractivity contribution in [3.63, 3.8) is 0 Å². The smallest absolute Gasteiger partial charge is 0.328 e. The standard InChI is InChI=1S/C16H17ClN4O2/c17-12-4-5-14-13(10-12)15(22)21(16(23)19-14)8-3-1-2-7-20-9-6-18-11-20/h4-6,9-11H,1-3,7-8H2,(H,19,23). The molecule has 0 unspecified atom stereocenters. The number of nitrogens with zero attached hydrogens (tertiary/aromatic N) is 3.